The van der Waals surface area contributed by atoms with E-state index in [1.807, 2.05) is 6.92 Å². The summed E-state index contributed by atoms with van der Waals surface area (Å²) >= 11 is 0. The molecule has 0 saturated heterocycles. The lowest BCUT2D eigenvalue weighted by Crippen LogP contribution is -2.47. The van der Waals surface area contributed by atoms with Crippen LogP contribution in [0.2, 0.25) is 0 Å². The molecule has 0 aliphatic heterocycles. The number of nitrogens with one attached hydrogen (secondary N) is 1. The summed E-state index contributed by atoms with van der Waals surface area (Å²) in [6, 6.07) is 10.6. The van der Waals surface area contributed by atoms with Crippen molar-refractivity contribution < 1.29 is 27.4 Å². The van der Waals surface area contributed by atoms with Gasteiger partial charge in [0.15, 0.2) is 0 Å². The lowest BCUT2D eigenvalue weighted by molar-refractivity contribution is -0.117. The van der Waals surface area contributed by atoms with E-state index in [1.165, 1.54) is 14.2 Å². The topological polar surface area (TPSA) is 94.2 Å². The monoisotopic (exact) mass is 436 g/mol. The molecular formula is C21H28N2O6S. The first-order valence-electron chi connectivity index (χ1n) is 9.50. The minimum absolute atomic E-state index is 0.262. The number of methoxy groups -OCH3 is 2. The van der Waals surface area contributed by atoms with Crippen molar-refractivity contribution in [1.82, 2.24) is 0 Å². The van der Waals surface area contributed by atoms with Crippen LogP contribution in [-0.2, 0) is 14.8 Å². The second-order valence-electron chi connectivity index (χ2n) is 6.47. The minimum Gasteiger partial charge on any atom is -0.497 e. The summed E-state index contributed by atoms with van der Waals surface area (Å²) in [5, 5.41) is 2.77. The van der Waals surface area contributed by atoms with E-state index in [4.69, 9.17) is 14.2 Å². The van der Waals surface area contributed by atoms with Gasteiger partial charge in [-0.15, -0.1) is 0 Å². The van der Waals surface area contributed by atoms with Crippen molar-refractivity contribution in [2.24, 2.45) is 0 Å². The van der Waals surface area contributed by atoms with Crippen LogP contribution in [-0.4, -0.2) is 47.4 Å². The molecule has 1 unspecified atom stereocenters. The fourth-order valence-electron chi connectivity index (χ4n) is 3.04. The van der Waals surface area contributed by atoms with E-state index in [0.29, 0.717) is 35.2 Å². The second kappa shape index (κ2) is 10.2. The molecule has 0 radical (unpaired) electrons. The predicted octanol–water partition coefficient (Wildman–Crippen LogP) is 3.29. The van der Waals surface area contributed by atoms with Gasteiger partial charge in [-0.25, -0.2) is 8.42 Å². The van der Waals surface area contributed by atoms with E-state index in [2.05, 4.69) is 5.32 Å². The normalized spacial score (nSPS) is 12.0. The summed E-state index contributed by atoms with van der Waals surface area (Å²) in [7, 11) is -0.747. The van der Waals surface area contributed by atoms with E-state index >= 15 is 0 Å². The molecule has 0 saturated carbocycles. The van der Waals surface area contributed by atoms with E-state index in [0.717, 1.165) is 10.6 Å². The number of sulfonamides is 1. The Hall–Kier alpha value is -2.94. The van der Waals surface area contributed by atoms with Crippen LogP contribution in [0.4, 0.5) is 11.4 Å². The van der Waals surface area contributed by atoms with Crippen molar-refractivity contribution in [1.29, 1.82) is 0 Å². The van der Waals surface area contributed by atoms with Gasteiger partial charge in [0.05, 0.1) is 38.5 Å². The van der Waals surface area contributed by atoms with Crippen molar-refractivity contribution in [2.45, 2.75) is 26.3 Å². The van der Waals surface area contributed by atoms with Crippen LogP contribution in [0, 0.1) is 0 Å². The molecule has 30 heavy (non-hydrogen) atoms. The lowest BCUT2D eigenvalue weighted by atomic mass is 10.1. The first kappa shape index (κ1) is 23.3. The Balaban J connectivity index is 2.39. The van der Waals surface area contributed by atoms with Crippen LogP contribution in [0.5, 0.6) is 17.2 Å². The average molecular weight is 437 g/mol. The van der Waals surface area contributed by atoms with Gasteiger partial charge in [0.2, 0.25) is 15.9 Å². The molecule has 0 bridgehead atoms. The molecule has 1 atom stereocenters. The molecule has 0 aromatic heterocycles. The predicted molar refractivity (Wildman–Crippen MR) is 117 cm³/mol. The second-order valence-corrected chi connectivity index (χ2v) is 8.32. The van der Waals surface area contributed by atoms with Crippen molar-refractivity contribution in [3.8, 4) is 17.2 Å². The molecular weight excluding hydrogens is 408 g/mol. The number of ether oxygens (including phenoxy) is 3. The molecule has 0 aliphatic rings. The van der Waals surface area contributed by atoms with Crippen molar-refractivity contribution >= 4 is 27.3 Å². The van der Waals surface area contributed by atoms with E-state index < -0.39 is 22.0 Å². The molecule has 0 fully saturated rings. The van der Waals surface area contributed by atoms with Crippen LogP contribution in [0.15, 0.2) is 42.5 Å². The fraction of sp³-hybridized carbons (Fsp3) is 0.381. The zero-order chi connectivity index (χ0) is 22.3. The van der Waals surface area contributed by atoms with Crippen LogP contribution in [0.25, 0.3) is 0 Å². The first-order valence-corrected chi connectivity index (χ1v) is 11.3. The molecule has 0 spiro atoms. The maximum atomic E-state index is 13.1. The van der Waals surface area contributed by atoms with Gasteiger partial charge in [0, 0.05) is 6.07 Å². The molecule has 9 heteroatoms. The smallest absolute Gasteiger partial charge is 0.248 e. The summed E-state index contributed by atoms with van der Waals surface area (Å²) in [5.74, 6) is 1.10. The quantitative estimate of drug-likeness (QED) is 0.614. The molecule has 1 N–H and O–H groups in total. The average Bonchev–Trinajstić information content (AvgIpc) is 2.71. The number of hydrogen-bond donors (Lipinski definition) is 1. The number of hydrogen-bond acceptors (Lipinski definition) is 6. The van der Waals surface area contributed by atoms with Crippen LogP contribution < -0.4 is 23.8 Å². The highest BCUT2D eigenvalue weighted by Crippen LogP contribution is 2.30. The number of carbonyl (C=O) groups is 1. The summed E-state index contributed by atoms with van der Waals surface area (Å²) in [6.07, 6.45) is 1.34. The molecule has 164 valence electrons. The minimum atomic E-state index is -3.74. The molecule has 2 rings (SSSR count). The lowest BCUT2D eigenvalue weighted by Gasteiger charge is -2.30. The van der Waals surface area contributed by atoms with Gasteiger partial charge in [-0.3, -0.25) is 9.10 Å². The first-order chi connectivity index (χ1) is 14.2. The molecule has 0 aliphatic carbocycles. The Morgan fingerprint density at radius 1 is 1.03 bits per heavy atom. The zero-order valence-electron chi connectivity index (χ0n) is 17.8. The summed E-state index contributed by atoms with van der Waals surface area (Å²) < 4.78 is 42.2. The highest BCUT2D eigenvalue weighted by Gasteiger charge is 2.32. The van der Waals surface area contributed by atoms with Gasteiger partial charge in [-0.1, -0.05) is 6.92 Å². The zero-order valence-corrected chi connectivity index (χ0v) is 18.7. The Labute approximate surface area is 177 Å². The van der Waals surface area contributed by atoms with Crippen LogP contribution in [0.1, 0.15) is 20.3 Å². The molecule has 8 nitrogen and oxygen atoms in total. The van der Waals surface area contributed by atoms with Gasteiger partial charge in [0.1, 0.15) is 23.3 Å². The number of nitrogens with zero attached hydrogens (tertiary/aromatic N) is 1. The maximum absolute atomic E-state index is 13.1. The van der Waals surface area contributed by atoms with Gasteiger partial charge in [0.25, 0.3) is 0 Å². The van der Waals surface area contributed by atoms with E-state index in [1.54, 1.807) is 49.4 Å². The van der Waals surface area contributed by atoms with Gasteiger partial charge in [-0.2, -0.15) is 0 Å². The van der Waals surface area contributed by atoms with Crippen molar-refractivity contribution in [3.63, 3.8) is 0 Å². The summed E-state index contributed by atoms with van der Waals surface area (Å²) in [4.78, 5) is 13.1. The third-order valence-corrected chi connectivity index (χ3v) is 5.58. The molecule has 2 aromatic carbocycles. The Bertz CT molecular complexity index is 960. The van der Waals surface area contributed by atoms with Crippen LogP contribution in [0.3, 0.4) is 0 Å². The fourth-order valence-corrected chi connectivity index (χ4v) is 4.26. The summed E-state index contributed by atoms with van der Waals surface area (Å²) in [6.45, 7) is 4.11. The highest BCUT2D eigenvalue weighted by molar-refractivity contribution is 7.92. The van der Waals surface area contributed by atoms with E-state index in [9.17, 15) is 13.2 Å². The van der Waals surface area contributed by atoms with Crippen LogP contribution >= 0.6 is 0 Å². The van der Waals surface area contributed by atoms with Gasteiger partial charge >= 0.3 is 0 Å². The molecule has 2 aromatic rings. The highest BCUT2D eigenvalue weighted by atomic mass is 32.2. The largest absolute Gasteiger partial charge is 0.497 e. The molecule has 0 heterocycles. The number of benzene rings is 2. The van der Waals surface area contributed by atoms with E-state index in [-0.39, 0.29) is 6.42 Å². The Morgan fingerprint density at radius 3 is 2.17 bits per heavy atom. The van der Waals surface area contributed by atoms with Gasteiger partial charge in [-0.05, 0) is 49.7 Å². The number of amides is 1. The SMILES string of the molecule is CCOc1ccc(N(C(CC)C(=O)Nc2cc(OC)ccc2OC)S(C)(=O)=O)cc1. The maximum Gasteiger partial charge on any atom is 0.248 e. The number of rotatable bonds is 10. The number of anilines is 2. The van der Waals surface area contributed by atoms with Crippen molar-refractivity contribution in [3.05, 3.63) is 42.5 Å². The Morgan fingerprint density at radius 2 is 1.67 bits per heavy atom. The standard InChI is InChI=1S/C21H28N2O6S/c1-6-19(21(24)22-18-14-17(27-3)12-13-20(18)28-4)23(30(5,25)26)15-8-10-16(11-9-15)29-7-2/h8-14,19H,6-7H2,1-5H3,(H,22,24). The number of carbonyl (C=O) groups excluding carboxylic acids is 1. The van der Waals surface area contributed by atoms with Crippen molar-refractivity contribution in [2.75, 3.05) is 36.7 Å². The Kier molecular flexibility index (Phi) is 7.93. The third-order valence-electron chi connectivity index (χ3n) is 4.40. The van der Waals surface area contributed by atoms with Gasteiger partial charge < -0.3 is 19.5 Å². The third kappa shape index (κ3) is 5.56. The molecule has 1 amide bonds. The summed E-state index contributed by atoms with van der Waals surface area (Å²) in [5.41, 5.74) is 0.765.